The fourth-order valence-electron chi connectivity index (χ4n) is 1.86. The van der Waals surface area contributed by atoms with Crippen molar-refractivity contribution in [2.75, 3.05) is 0 Å². The summed E-state index contributed by atoms with van der Waals surface area (Å²) in [6, 6.07) is 1.68. The van der Waals surface area contributed by atoms with Gasteiger partial charge in [0.1, 0.15) is 5.83 Å². The molecular formula is C13H10F4. The minimum atomic E-state index is -1.53. The van der Waals surface area contributed by atoms with E-state index in [4.69, 9.17) is 0 Å². The molecule has 1 aromatic carbocycles. The molecule has 4 heteroatoms. The molecule has 0 spiro atoms. The van der Waals surface area contributed by atoms with Gasteiger partial charge in [0.15, 0.2) is 17.5 Å². The van der Waals surface area contributed by atoms with Crippen LogP contribution in [0.5, 0.6) is 0 Å². The Hall–Kier alpha value is -1.58. The molecule has 1 aromatic rings. The molecular weight excluding hydrogens is 232 g/mol. The first-order valence-electron chi connectivity index (χ1n) is 5.17. The van der Waals surface area contributed by atoms with E-state index in [1.807, 2.05) is 0 Å². The van der Waals surface area contributed by atoms with Crippen molar-refractivity contribution in [3.63, 3.8) is 0 Å². The Morgan fingerprint density at radius 3 is 2.18 bits per heavy atom. The lowest BCUT2D eigenvalue weighted by atomic mass is 9.89. The summed E-state index contributed by atoms with van der Waals surface area (Å²) in [4.78, 5) is 0. The van der Waals surface area contributed by atoms with E-state index >= 15 is 0 Å². The quantitative estimate of drug-likeness (QED) is 0.506. The number of halogens is 4. The zero-order valence-corrected chi connectivity index (χ0v) is 9.11. The van der Waals surface area contributed by atoms with Crippen LogP contribution < -0.4 is 0 Å². The number of allylic oxidation sites excluding steroid dienone is 4. The first kappa shape index (κ1) is 11.9. The van der Waals surface area contributed by atoms with Crippen molar-refractivity contribution in [2.24, 2.45) is 0 Å². The molecule has 0 unspecified atom stereocenters. The molecule has 0 saturated heterocycles. The third-order valence-corrected chi connectivity index (χ3v) is 2.78. The predicted octanol–water partition coefficient (Wildman–Crippen LogP) is 4.39. The Morgan fingerprint density at radius 2 is 1.65 bits per heavy atom. The smallest absolute Gasteiger partial charge is 0.194 e. The molecule has 0 saturated carbocycles. The first-order valence-corrected chi connectivity index (χ1v) is 5.17. The molecule has 1 aliphatic rings. The third kappa shape index (κ3) is 2.25. The normalized spacial score (nSPS) is 19.9. The summed E-state index contributed by atoms with van der Waals surface area (Å²) in [5.41, 5.74) is 0.876. The van der Waals surface area contributed by atoms with Crippen LogP contribution in [-0.2, 0) is 0 Å². The van der Waals surface area contributed by atoms with E-state index in [9.17, 15) is 17.6 Å². The van der Waals surface area contributed by atoms with E-state index in [0.717, 1.165) is 17.7 Å². The number of benzene rings is 1. The number of hydrogen-bond acceptors (Lipinski definition) is 0. The van der Waals surface area contributed by atoms with Gasteiger partial charge >= 0.3 is 0 Å². The summed E-state index contributed by atoms with van der Waals surface area (Å²) in [6.45, 7) is 1.74. The van der Waals surface area contributed by atoms with E-state index in [-0.39, 0.29) is 5.56 Å². The van der Waals surface area contributed by atoms with Crippen molar-refractivity contribution >= 4 is 0 Å². The van der Waals surface area contributed by atoms with Crippen molar-refractivity contribution in [1.29, 1.82) is 0 Å². The molecule has 0 aliphatic heterocycles. The van der Waals surface area contributed by atoms with Crippen LogP contribution in [0.3, 0.4) is 0 Å². The molecule has 1 aliphatic carbocycles. The van der Waals surface area contributed by atoms with E-state index < -0.39 is 29.2 Å². The molecule has 0 N–H and O–H groups in total. The second-order valence-corrected chi connectivity index (χ2v) is 4.06. The SMILES string of the molecule is CC1=CC[C@H](c2cc(F)c(F)c(F)c2)C(F)=C1. The average Bonchev–Trinajstić information content (AvgIpc) is 2.25. The van der Waals surface area contributed by atoms with Crippen LogP contribution in [0.2, 0.25) is 0 Å². The second kappa shape index (κ2) is 4.35. The van der Waals surface area contributed by atoms with Gasteiger partial charge in [-0.25, -0.2) is 17.6 Å². The molecule has 2 rings (SSSR count). The van der Waals surface area contributed by atoms with Crippen LogP contribution >= 0.6 is 0 Å². The number of hydrogen-bond donors (Lipinski definition) is 0. The fraction of sp³-hybridized carbons (Fsp3) is 0.231. The Morgan fingerprint density at radius 1 is 1.06 bits per heavy atom. The highest BCUT2D eigenvalue weighted by molar-refractivity contribution is 5.35. The largest absolute Gasteiger partial charge is 0.211 e. The van der Waals surface area contributed by atoms with E-state index in [2.05, 4.69) is 0 Å². The lowest BCUT2D eigenvalue weighted by molar-refractivity contribution is 0.441. The molecule has 90 valence electrons. The lowest BCUT2D eigenvalue weighted by Gasteiger charge is -2.18. The summed E-state index contributed by atoms with van der Waals surface area (Å²) < 4.78 is 52.4. The van der Waals surface area contributed by atoms with Crippen molar-refractivity contribution in [2.45, 2.75) is 19.3 Å². The Kier molecular flexibility index (Phi) is 3.05. The average molecular weight is 242 g/mol. The van der Waals surface area contributed by atoms with Gasteiger partial charge in [0.05, 0.1) is 0 Å². The van der Waals surface area contributed by atoms with Gasteiger partial charge in [-0.15, -0.1) is 0 Å². The monoisotopic (exact) mass is 242 g/mol. The zero-order chi connectivity index (χ0) is 12.6. The summed E-state index contributed by atoms with van der Waals surface area (Å²) in [5.74, 6) is -5.31. The molecule has 0 aromatic heterocycles. The van der Waals surface area contributed by atoms with Crippen molar-refractivity contribution in [1.82, 2.24) is 0 Å². The van der Waals surface area contributed by atoms with Gasteiger partial charge in [-0.05, 0) is 37.1 Å². The first-order chi connectivity index (χ1) is 7.99. The van der Waals surface area contributed by atoms with Gasteiger partial charge in [-0.2, -0.15) is 0 Å². The van der Waals surface area contributed by atoms with Crippen LogP contribution in [0, 0.1) is 17.5 Å². The summed E-state index contributed by atoms with van der Waals surface area (Å²) in [6.07, 6.45) is 3.40. The number of rotatable bonds is 1. The van der Waals surface area contributed by atoms with Crippen LogP contribution in [0.25, 0.3) is 0 Å². The zero-order valence-electron chi connectivity index (χ0n) is 9.11. The van der Waals surface area contributed by atoms with E-state index in [1.54, 1.807) is 13.0 Å². The standard InChI is InChI=1S/C13H10F4/c1-7-2-3-9(10(14)4-7)8-5-11(15)13(17)12(16)6-8/h2,4-6,9H,3H2,1H3/t9-/m1/s1. The van der Waals surface area contributed by atoms with Crippen molar-refractivity contribution in [3.8, 4) is 0 Å². The van der Waals surface area contributed by atoms with Gasteiger partial charge in [0.2, 0.25) is 0 Å². The Labute approximate surface area is 96.3 Å². The highest BCUT2D eigenvalue weighted by Crippen LogP contribution is 2.34. The van der Waals surface area contributed by atoms with Crippen LogP contribution in [-0.4, -0.2) is 0 Å². The summed E-state index contributed by atoms with van der Waals surface area (Å²) in [5, 5.41) is 0. The predicted molar refractivity (Wildman–Crippen MR) is 56.6 cm³/mol. The summed E-state index contributed by atoms with van der Waals surface area (Å²) in [7, 11) is 0. The maximum Gasteiger partial charge on any atom is 0.194 e. The van der Waals surface area contributed by atoms with Crippen molar-refractivity contribution < 1.29 is 17.6 Å². The second-order valence-electron chi connectivity index (χ2n) is 4.06. The van der Waals surface area contributed by atoms with E-state index in [1.165, 1.54) is 6.08 Å². The molecule has 0 heterocycles. The minimum Gasteiger partial charge on any atom is -0.211 e. The molecule has 17 heavy (non-hydrogen) atoms. The van der Waals surface area contributed by atoms with Gasteiger partial charge < -0.3 is 0 Å². The highest BCUT2D eigenvalue weighted by Gasteiger charge is 2.22. The minimum absolute atomic E-state index is 0.110. The van der Waals surface area contributed by atoms with Crippen LogP contribution in [0.15, 0.2) is 35.7 Å². The maximum atomic E-state index is 13.6. The van der Waals surface area contributed by atoms with Gasteiger partial charge in [0, 0.05) is 5.92 Å². The van der Waals surface area contributed by atoms with Crippen LogP contribution in [0.1, 0.15) is 24.8 Å². The fourth-order valence-corrected chi connectivity index (χ4v) is 1.86. The molecule has 0 amide bonds. The molecule has 0 fully saturated rings. The molecule has 1 atom stereocenters. The Balaban J connectivity index is 2.40. The lowest BCUT2D eigenvalue weighted by Crippen LogP contribution is -2.05. The van der Waals surface area contributed by atoms with Gasteiger partial charge in [0.25, 0.3) is 0 Å². The van der Waals surface area contributed by atoms with E-state index in [0.29, 0.717) is 6.42 Å². The topological polar surface area (TPSA) is 0 Å². The molecule has 0 radical (unpaired) electrons. The highest BCUT2D eigenvalue weighted by atomic mass is 19.2. The van der Waals surface area contributed by atoms with Crippen molar-refractivity contribution in [3.05, 3.63) is 58.7 Å². The van der Waals surface area contributed by atoms with Gasteiger partial charge in [-0.3, -0.25) is 0 Å². The molecule has 0 nitrogen and oxygen atoms in total. The van der Waals surface area contributed by atoms with Gasteiger partial charge in [-0.1, -0.05) is 11.6 Å². The third-order valence-electron chi connectivity index (χ3n) is 2.78. The Bertz CT molecular complexity index is 491. The molecule has 0 bridgehead atoms. The summed E-state index contributed by atoms with van der Waals surface area (Å²) >= 11 is 0. The maximum absolute atomic E-state index is 13.6. The van der Waals surface area contributed by atoms with Crippen LogP contribution in [0.4, 0.5) is 17.6 Å².